The normalized spacial score (nSPS) is 26.1. The van der Waals surface area contributed by atoms with Gasteiger partial charge in [-0.05, 0) is 50.0 Å². The number of halogens is 3. The third-order valence-corrected chi connectivity index (χ3v) is 6.43. The van der Waals surface area contributed by atoms with Crippen molar-refractivity contribution in [3.05, 3.63) is 33.9 Å². The Morgan fingerprint density at radius 1 is 1.35 bits per heavy atom. The standard InChI is InChI=1S/C16H16ClFN2OS.ClH/c17-14-11-2-1-10(18)7-13(11)22-15(14)16(21)19-12-8-20-5-3-9(12)4-6-20;/h1-2,7,9,12H,3-6,8H2,(H,19,21);1H/t12-;/m1./s1. The van der Waals surface area contributed by atoms with Gasteiger partial charge in [-0.3, -0.25) is 4.79 Å². The molecule has 1 N–H and O–H groups in total. The van der Waals surface area contributed by atoms with Crippen molar-refractivity contribution in [1.82, 2.24) is 10.2 Å². The lowest BCUT2D eigenvalue weighted by atomic mass is 9.84. The van der Waals surface area contributed by atoms with Gasteiger partial charge in [-0.1, -0.05) is 11.6 Å². The van der Waals surface area contributed by atoms with Crippen LogP contribution < -0.4 is 5.32 Å². The van der Waals surface area contributed by atoms with Crippen LogP contribution in [0, 0.1) is 11.7 Å². The molecule has 3 nitrogen and oxygen atoms in total. The van der Waals surface area contributed by atoms with E-state index in [4.69, 9.17) is 11.6 Å². The Bertz CT molecular complexity index is 743. The number of nitrogens with one attached hydrogen (secondary N) is 1. The van der Waals surface area contributed by atoms with Crippen LogP contribution in [0.25, 0.3) is 10.1 Å². The highest BCUT2D eigenvalue weighted by Gasteiger charge is 2.35. The topological polar surface area (TPSA) is 32.3 Å². The van der Waals surface area contributed by atoms with Crippen LogP contribution in [0.3, 0.4) is 0 Å². The summed E-state index contributed by atoms with van der Waals surface area (Å²) >= 11 is 7.57. The second-order valence-corrected chi connectivity index (χ2v) is 7.53. The molecule has 124 valence electrons. The fraction of sp³-hybridized carbons (Fsp3) is 0.438. The van der Waals surface area contributed by atoms with E-state index in [0.29, 0.717) is 20.5 Å². The van der Waals surface area contributed by atoms with Gasteiger partial charge in [-0.2, -0.15) is 0 Å². The molecule has 7 heteroatoms. The zero-order chi connectivity index (χ0) is 15.3. The van der Waals surface area contributed by atoms with Crippen molar-refractivity contribution in [2.24, 2.45) is 5.92 Å². The molecule has 4 heterocycles. The van der Waals surface area contributed by atoms with Crippen molar-refractivity contribution in [3.63, 3.8) is 0 Å². The molecule has 3 saturated heterocycles. The average molecular weight is 375 g/mol. The van der Waals surface area contributed by atoms with E-state index in [1.165, 1.54) is 23.5 Å². The Hall–Kier alpha value is -0.880. The minimum absolute atomic E-state index is 0. The molecule has 1 aromatic heterocycles. The predicted molar refractivity (Wildman–Crippen MR) is 94.5 cm³/mol. The summed E-state index contributed by atoms with van der Waals surface area (Å²) in [6.07, 6.45) is 2.30. The van der Waals surface area contributed by atoms with Gasteiger partial charge in [-0.15, -0.1) is 23.7 Å². The molecule has 23 heavy (non-hydrogen) atoms. The van der Waals surface area contributed by atoms with E-state index in [9.17, 15) is 9.18 Å². The molecule has 1 aromatic carbocycles. The van der Waals surface area contributed by atoms with Gasteiger partial charge in [0.25, 0.3) is 5.91 Å². The molecule has 5 rings (SSSR count). The molecule has 3 aliphatic rings. The van der Waals surface area contributed by atoms with Gasteiger partial charge in [0.2, 0.25) is 0 Å². The number of carbonyl (C=O) groups excluding carboxylic acids is 1. The van der Waals surface area contributed by atoms with Crippen LogP contribution in [-0.2, 0) is 0 Å². The maximum Gasteiger partial charge on any atom is 0.263 e. The lowest BCUT2D eigenvalue weighted by molar-refractivity contribution is 0.0623. The van der Waals surface area contributed by atoms with Crippen molar-refractivity contribution in [2.45, 2.75) is 18.9 Å². The van der Waals surface area contributed by atoms with E-state index in [1.54, 1.807) is 6.07 Å². The van der Waals surface area contributed by atoms with Crippen LogP contribution in [0.15, 0.2) is 18.2 Å². The Kier molecular flexibility index (Phi) is 4.83. The highest BCUT2D eigenvalue weighted by Crippen LogP contribution is 2.36. The average Bonchev–Trinajstić information content (AvgIpc) is 2.85. The summed E-state index contributed by atoms with van der Waals surface area (Å²) in [6.45, 7) is 3.20. The zero-order valence-electron chi connectivity index (χ0n) is 12.4. The number of nitrogens with zero attached hydrogens (tertiary/aromatic N) is 1. The molecule has 0 aliphatic carbocycles. The molecular formula is C16H17Cl2FN2OS. The first-order valence-corrected chi connectivity index (χ1v) is 8.72. The summed E-state index contributed by atoms with van der Waals surface area (Å²) in [5.41, 5.74) is 0. The zero-order valence-corrected chi connectivity index (χ0v) is 14.7. The second-order valence-electron chi connectivity index (χ2n) is 6.10. The fourth-order valence-corrected chi connectivity index (χ4v) is 4.99. The van der Waals surface area contributed by atoms with Gasteiger partial charge >= 0.3 is 0 Å². The summed E-state index contributed by atoms with van der Waals surface area (Å²) in [5, 5.41) is 4.31. The Morgan fingerprint density at radius 3 is 2.74 bits per heavy atom. The lowest BCUT2D eigenvalue weighted by Crippen LogP contribution is -2.57. The summed E-state index contributed by atoms with van der Waals surface area (Å²) in [4.78, 5) is 15.4. The van der Waals surface area contributed by atoms with Gasteiger partial charge in [-0.25, -0.2) is 4.39 Å². The van der Waals surface area contributed by atoms with Crippen LogP contribution in [0.5, 0.6) is 0 Å². The largest absolute Gasteiger partial charge is 0.347 e. The minimum atomic E-state index is -0.310. The van der Waals surface area contributed by atoms with E-state index < -0.39 is 0 Å². The number of rotatable bonds is 2. The van der Waals surface area contributed by atoms with Gasteiger partial charge in [0.15, 0.2) is 0 Å². The first-order chi connectivity index (χ1) is 10.6. The lowest BCUT2D eigenvalue weighted by Gasteiger charge is -2.44. The SMILES string of the molecule is Cl.O=C(N[C@@H]1CN2CCC1CC2)c1sc2cc(F)ccc2c1Cl. The third kappa shape index (κ3) is 3.07. The molecule has 3 fully saturated rings. The number of carbonyl (C=O) groups is 1. The molecule has 1 atom stereocenters. The molecule has 1 amide bonds. The quantitative estimate of drug-likeness (QED) is 0.863. The van der Waals surface area contributed by atoms with E-state index in [-0.39, 0.29) is 30.2 Å². The summed E-state index contributed by atoms with van der Waals surface area (Å²) in [7, 11) is 0. The van der Waals surface area contributed by atoms with Gasteiger partial charge in [0, 0.05) is 22.7 Å². The number of benzene rings is 1. The second kappa shape index (κ2) is 6.55. The first kappa shape index (κ1) is 17.0. The molecule has 0 radical (unpaired) electrons. The molecule has 2 aromatic rings. The third-order valence-electron chi connectivity index (χ3n) is 4.77. The molecule has 0 unspecified atom stereocenters. The van der Waals surface area contributed by atoms with Gasteiger partial charge in [0.1, 0.15) is 10.7 Å². The number of piperidine rings is 3. The summed E-state index contributed by atoms with van der Waals surface area (Å²) < 4.78 is 14.0. The molecule has 0 spiro atoms. The molecule has 2 bridgehead atoms. The maximum atomic E-state index is 13.3. The van der Waals surface area contributed by atoms with Gasteiger partial charge in [0.05, 0.1) is 5.02 Å². The first-order valence-electron chi connectivity index (χ1n) is 7.52. The number of hydrogen-bond acceptors (Lipinski definition) is 3. The maximum absolute atomic E-state index is 13.3. The minimum Gasteiger partial charge on any atom is -0.347 e. The highest BCUT2D eigenvalue weighted by molar-refractivity contribution is 7.21. The fourth-order valence-electron chi connectivity index (χ4n) is 3.55. The summed E-state index contributed by atoms with van der Waals surface area (Å²) in [6, 6.07) is 4.63. The Morgan fingerprint density at radius 2 is 2.09 bits per heavy atom. The number of fused-ring (bicyclic) bond motifs is 4. The van der Waals surface area contributed by atoms with Crippen LogP contribution in [-0.4, -0.2) is 36.5 Å². The molecule has 0 saturated carbocycles. The van der Waals surface area contributed by atoms with Crippen molar-refractivity contribution >= 4 is 51.3 Å². The number of amides is 1. The summed E-state index contributed by atoms with van der Waals surface area (Å²) in [5.74, 6) is 0.125. The van der Waals surface area contributed by atoms with Crippen molar-refractivity contribution < 1.29 is 9.18 Å². The van der Waals surface area contributed by atoms with Gasteiger partial charge < -0.3 is 10.2 Å². The Balaban J connectivity index is 0.00000156. The number of hydrogen-bond donors (Lipinski definition) is 1. The van der Waals surface area contributed by atoms with E-state index in [2.05, 4.69) is 10.2 Å². The number of thiophene rings is 1. The van der Waals surface area contributed by atoms with Crippen molar-refractivity contribution in [2.75, 3.05) is 19.6 Å². The van der Waals surface area contributed by atoms with E-state index >= 15 is 0 Å². The van der Waals surface area contributed by atoms with E-state index in [1.807, 2.05) is 0 Å². The van der Waals surface area contributed by atoms with Crippen LogP contribution in [0.2, 0.25) is 5.02 Å². The highest BCUT2D eigenvalue weighted by atomic mass is 35.5. The Labute approximate surface area is 149 Å². The van der Waals surface area contributed by atoms with Crippen molar-refractivity contribution in [1.29, 1.82) is 0 Å². The molecular weight excluding hydrogens is 358 g/mol. The van der Waals surface area contributed by atoms with Crippen LogP contribution in [0.4, 0.5) is 4.39 Å². The van der Waals surface area contributed by atoms with Crippen LogP contribution in [0.1, 0.15) is 22.5 Å². The predicted octanol–water partition coefficient (Wildman–Crippen LogP) is 3.94. The van der Waals surface area contributed by atoms with E-state index in [0.717, 1.165) is 37.9 Å². The molecule has 3 aliphatic heterocycles. The van der Waals surface area contributed by atoms with Crippen molar-refractivity contribution in [3.8, 4) is 0 Å². The smallest absolute Gasteiger partial charge is 0.263 e. The van der Waals surface area contributed by atoms with Crippen LogP contribution >= 0.6 is 35.3 Å². The monoisotopic (exact) mass is 374 g/mol.